The van der Waals surface area contributed by atoms with Gasteiger partial charge in [0.25, 0.3) is 0 Å². The van der Waals surface area contributed by atoms with E-state index in [4.69, 9.17) is 28.4 Å². The second-order valence-corrected chi connectivity index (χ2v) is 16.9. The van der Waals surface area contributed by atoms with E-state index in [1.54, 1.807) is 0 Å². The third-order valence-corrected chi connectivity index (χ3v) is 11.4. The standard InChI is InChI=1S/C49H86O14/c1-3-5-7-9-11-13-14-15-16-17-18-19-20-21-22-23-24-25-26-28-30-32-41(51)61-38(35-58-33-31-29-27-12-10-8-6-4-2)36-59-48-47(57)45(55)43(53)40(63-48)37-60-49-46(56)44(54)42(52)39(34-50)62-49/h5,7,11,13,15-16,18-19,38-40,42-50,52-57H,3-4,6,8-10,12,14,17,20-37H2,1-2H3/b7-5-,13-11-,16-15-,19-18-. The molecule has 0 bridgehead atoms. The highest BCUT2D eigenvalue weighted by molar-refractivity contribution is 5.69. The number of hydrogen-bond acceptors (Lipinski definition) is 14. The van der Waals surface area contributed by atoms with Crippen molar-refractivity contribution in [2.45, 2.75) is 223 Å². The highest BCUT2D eigenvalue weighted by Crippen LogP contribution is 2.26. The van der Waals surface area contributed by atoms with E-state index in [1.165, 1.54) is 57.8 Å². The number of carbonyl (C=O) groups is 1. The number of carbonyl (C=O) groups excluding carboxylic acids is 1. The average Bonchev–Trinajstić information content (AvgIpc) is 3.28. The van der Waals surface area contributed by atoms with Crippen molar-refractivity contribution >= 4 is 5.97 Å². The molecule has 2 rings (SSSR count). The molecule has 0 amide bonds. The predicted octanol–water partition coefficient (Wildman–Crippen LogP) is 6.40. The number of hydrogen-bond donors (Lipinski definition) is 7. The van der Waals surface area contributed by atoms with Gasteiger partial charge < -0.3 is 64.2 Å². The molecule has 2 fully saturated rings. The molecule has 2 saturated heterocycles. The van der Waals surface area contributed by atoms with Crippen molar-refractivity contribution in [1.29, 1.82) is 0 Å². The average molecular weight is 899 g/mol. The van der Waals surface area contributed by atoms with Gasteiger partial charge in [0.05, 0.1) is 26.4 Å². The Morgan fingerprint density at radius 3 is 1.62 bits per heavy atom. The van der Waals surface area contributed by atoms with Crippen LogP contribution in [0.15, 0.2) is 48.6 Å². The molecule has 2 aliphatic rings. The Morgan fingerprint density at radius 2 is 1.03 bits per heavy atom. The van der Waals surface area contributed by atoms with Gasteiger partial charge in [0.2, 0.25) is 0 Å². The van der Waals surface area contributed by atoms with Crippen molar-refractivity contribution in [3.63, 3.8) is 0 Å². The molecular formula is C49H86O14. The fourth-order valence-corrected chi connectivity index (χ4v) is 7.39. The molecule has 0 aromatic heterocycles. The van der Waals surface area contributed by atoms with Gasteiger partial charge in [-0.15, -0.1) is 0 Å². The quantitative estimate of drug-likeness (QED) is 0.0204. The van der Waals surface area contributed by atoms with Crippen molar-refractivity contribution < 1.29 is 69.0 Å². The van der Waals surface area contributed by atoms with Gasteiger partial charge in [-0.1, -0.05) is 146 Å². The zero-order chi connectivity index (χ0) is 45.9. The minimum atomic E-state index is -1.71. The van der Waals surface area contributed by atoms with E-state index in [0.29, 0.717) is 13.0 Å². The maximum Gasteiger partial charge on any atom is 0.306 e. The molecule has 14 nitrogen and oxygen atoms in total. The molecule has 0 aromatic carbocycles. The summed E-state index contributed by atoms with van der Waals surface area (Å²) in [6, 6.07) is 0. The summed E-state index contributed by atoms with van der Waals surface area (Å²) in [5.74, 6) is -0.387. The molecule has 63 heavy (non-hydrogen) atoms. The normalized spacial score (nSPS) is 27.4. The topological polar surface area (TPSA) is 214 Å². The summed E-state index contributed by atoms with van der Waals surface area (Å²) in [6.45, 7) is 3.52. The zero-order valence-corrected chi connectivity index (χ0v) is 38.5. The second kappa shape index (κ2) is 37.1. The smallest absolute Gasteiger partial charge is 0.306 e. The summed E-state index contributed by atoms with van der Waals surface area (Å²) in [4.78, 5) is 13.0. The number of unbranched alkanes of at least 4 members (excludes halogenated alkanes) is 15. The minimum Gasteiger partial charge on any atom is -0.457 e. The van der Waals surface area contributed by atoms with Crippen LogP contribution in [0.4, 0.5) is 0 Å². The largest absolute Gasteiger partial charge is 0.457 e. The first-order valence-electron chi connectivity index (χ1n) is 24.2. The van der Waals surface area contributed by atoms with Crippen LogP contribution in [-0.2, 0) is 33.2 Å². The molecule has 14 heteroatoms. The molecule has 366 valence electrons. The molecule has 11 atom stereocenters. The molecule has 11 unspecified atom stereocenters. The second-order valence-electron chi connectivity index (χ2n) is 16.9. The summed E-state index contributed by atoms with van der Waals surface area (Å²) in [6.07, 6.45) is 24.7. The molecule has 2 aliphatic heterocycles. The Hall–Kier alpha value is -2.05. The fourth-order valence-electron chi connectivity index (χ4n) is 7.39. The summed E-state index contributed by atoms with van der Waals surface area (Å²) in [7, 11) is 0. The van der Waals surface area contributed by atoms with Crippen molar-refractivity contribution in [2.75, 3.05) is 33.0 Å². The summed E-state index contributed by atoms with van der Waals surface area (Å²) in [5.41, 5.74) is 0. The minimum absolute atomic E-state index is 0.0577. The monoisotopic (exact) mass is 899 g/mol. The van der Waals surface area contributed by atoms with Crippen LogP contribution < -0.4 is 0 Å². The Labute approximate surface area is 378 Å². The van der Waals surface area contributed by atoms with Gasteiger partial charge in [0, 0.05) is 13.0 Å². The molecule has 0 aliphatic carbocycles. The molecule has 0 aromatic rings. The molecule has 0 saturated carbocycles. The van der Waals surface area contributed by atoms with Gasteiger partial charge in [0.15, 0.2) is 12.6 Å². The maximum atomic E-state index is 13.0. The third kappa shape index (κ3) is 25.4. The van der Waals surface area contributed by atoms with Crippen LogP contribution in [0, 0.1) is 0 Å². The van der Waals surface area contributed by atoms with Gasteiger partial charge in [-0.25, -0.2) is 0 Å². The van der Waals surface area contributed by atoms with Crippen LogP contribution in [0.5, 0.6) is 0 Å². The van der Waals surface area contributed by atoms with E-state index in [-0.39, 0.29) is 25.6 Å². The lowest BCUT2D eigenvalue weighted by Crippen LogP contribution is -2.61. The van der Waals surface area contributed by atoms with E-state index in [9.17, 15) is 40.5 Å². The Balaban J connectivity index is 1.73. The molecule has 7 N–H and O–H groups in total. The van der Waals surface area contributed by atoms with E-state index in [1.807, 2.05) is 0 Å². The number of rotatable bonds is 37. The fraction of sp³-hybridized carbons (Fsp3) is 0.816. The Bertz CT molecular complexity index is 1230. The third-order valence-electron chi connectivity index (χ3n) is 11.4. The van der Waals surface area contributed by atoms with Gasteiger partial charge in [-0.05, 0) is 51.4 Å². The first-order valence-corrected chi connectivity index (χ1v) is 24.2. The van der Waals surface area contributed by atoms with Crippen LogP contribution in [-0.4, -0.2) is 142 Å². The maximum absolute atomic E-state index is 13.0. The van der Waals surface area contributed by atoms with Crippen LogP contribution in [0.3, 0.4) is 0 Å². The molecule has 0 spiro atoms. The van der Waals surface area contributed by atoms with Crippen LogP contribution in [0.1, 0.15) is 155 Å². The van der Waals surface area contributed by atoms with Gasteiger partial charge in [-0.3, -0.25) is 4.79 Å². The van der Waals surface area contributed by atoms with E-state index < -0.39 is 80.7 Å². The van der Waals surface area contributed by atoms with Gasteiger partial charge in [-0.2, -0.15) is 0 Å². The lowest BCUT2D eigenvalue weighted by atomic mass is 9.98. The molecular weight excluding hydrogens is 813 g/mol. The lowest BCUT2D eigenvalue weighted by molar-refractivity contribution is -0.332. The Kier molecular flexibility index (Phi) is 33.6. The zero-order valence-electron chi connectivity index (χ0n) is 38.5. The first kappa shape index (κ1) is 57.1. The van der Waals surface area contributed by atoms with Crippen molar-refractivity contribution in [1.82, 2.24) is 0 Å². The highest BCUT2D eigenvalue weighted by atomic mass is 16.7. The number of aliphatic hydroxyl groups excluding tert-OH is 7. The number of ether oxygens (including phenoxy) is 6. The van der Waals surface area contributed by atoms with Crippen molar-refractivity contribution in [3.8, 4) is 0 Å². The summed E-state index contributed by atoms with van der Waals surface area (Å²) >= 11 is 0. The van der Waals surface area contributed by atoms with E-state index in [0.717, 1.165) is 70.6 Å². The summed E-state index contributed by atoms with van der Waals surface area (Å²) in [5, 5.41) is 71.9. The van der Waals surface area contributed by atoms with Crippen molar-refractivity contribution in [2.24, 2.45) is 0 Å². The Morgan fingerprint density at radius 1 is 0.540 bits per heavy atom. The SMILES string of the molecule is CC/C=C\C/C=C\C/C=C\C/C=C\CCCCCCCCCCC(=O)OC(COCCCCCCCCCC)COC1OC(COC2OC(CO)C(O)C(O)C2O)C(O)C(O)C1O. The molecule has 0 radical (unpaired) electrons. The predicted molar refractivity (Wildman–Crippen MR) is 243 cm³/mol. The highest BCUT2D eigenvalue weighted by Gasteiger charge is 2.47. The van der Waals surface area contributed by atoms with Crippen LogP contribution >= 0.6 is 0 Å². The van der Waals surface area contributed by atoms with E-state index in [2.05, 4.69) is 62.5 Å². The summed E-state index contributed by atoms with van der Waals surface area (Å²) < 4.78 is 34.1. The van der Waals surface area contributed by atoms with Crippen molar-refractivity contribution in [3.05, 3.63) is 48.6 Å². The number of esters is 1. The lowest BCUT2D eigenvalue weighted by Gasteiger charge is -2.42. The van der Waals surface area contributed by atoms with E-state index >= 15 is 0 Å². The van der Waals surface area contributed by atoms with Gasteiger partial charge >= 0.3 is 5.97 Å². The van der Waals surface area contributed by atoms with Crippen LogP contribution in [0.25, 0.3) is 0 Å². The first-order chi connectivity index (χ1) is 30.6. The molecule has 2 heterocycles. The number of allylic oxidation sites excluding steroid dienone is 8. The van der Waals surface area contributed by atoms with Crippen LogP contribution in [0.2, 0.25) is 0 Å². The van der Waals surface area contributed by atoms with Gasteiger partial charge in [0.1, 0.15) is 54.9 Å². The number of aliphatic hydroxyl groups is 7.